The van der Waals surface area contributed by atoms with E-state index < -0.39 is 0 Å². The Balaban J connectivity index is 1.68. The van der Waals surface area contributed by atoms with Crippen LogP contribution >= 0.6 is 0 Å². The van der Waals surface area contributed by atoms with Crippen LogP contribution in [0.5, 0.6) is 0 Å². The minimum absolute atomic E-state index is 0.516. The number of allylic oxidation sites excluding steroid dienone is 2. The first-order valence-electron chi connectivity index (χ1n) is 11.3. The minimum Gasteiger partial charge on any atom is -0.0761 e. The van der Waals surface area contributed by atoms with Crippen LogP contribution in [0.4, 0.5) is 0 Å². The average Bonchev–Trinajstić information content (AvgIpc) is 3.34. The van der Waals surface area contributed by atoms with Crippen molar-refractivity contribution < 1.29 is 0 Å². The van der Waals surface area contributed by atoms with Gasteiger partial charge in [-0.05, 0) is 76.1 Å². The second kappa shape index (κ2) is 7.74. The fraction of sp³-hybridized carbons (Fsp3) is 0.429. The molecule has 0 radical (unpaired) electrons. The summed E-state index contributed by atoms with van der Waals surface area (Å²) >= 11 is 0. The van der Waals surface area contributed by atoms with Gasteiger partial charge in [0.1, 0.15) is 0 Å². The molecule has 0 aromatic heterocycles. The normalized spacial score (nSPS) is 20.5. The standard InChI is InChI=1S/C28H34/c1-6-19-14-23-10-12-25(27(23)16-21(19)8-3)18(5)26-13-11-24-15-20(7-2)22(9-4)17-28(24)26/h10-18,25-26H,6-9H2,1-5H3. The van der Waals surface area contributed by atoms with Gasteiger partial charge in [0.15, 0.2) is 0 Å². The Morgan fingerprint density at radius 2 is 0.964 bits per heavy atom. The predicted octanol–water partition coefficient (Wildman–Crippen LogP) is 7.49. The van der Waals surface area contributed by atoms with Gasteiger partial charge in [0.2, 0.25) is 0 Å². The summed E-state index contributed by atoms with van der Waals surface area (Å²) in [4.78, 5) is 0. The molecule has 0 amide bonds. The van der Waals surface area contributed by atoms with Crippen LogP contribution in [0.15, 0.2) is 36.4 Å². The maximum absolute atomic E-state index is 2.51. The Kier molecular flexibility index (Phi) is 5.32. The van der Waals surface area contributed by atoms with Crippen LogP contribution in [-0.2, 0) is 25.7 Å². The highest BCUT2D eigenvalue weighted by atomic mass is 14.4. The molecule has 28 heavy (non-hydrogen) atoms. The summed E-state index contributed by atoms with van der Waals surface area (Å²) < 4.78 is 0. The third-order valence-electron chi connectivity index (χ3n) is 7.15. The summed E-state index contributed by atoms with van der Waals surface area (Å²) in [5.41, 5.74) is 12.1. The van der Waals surface area contributed by atoms with Gasteiger partial charge >= 0.3 is 0 Å². The average molecular weight is 371 g/mol. The third kappa shape index (κ3) is 3.08. The van der Waals surface area contributed by atoms with E-state index in [-0.39, 0.29) is 0 Å². The van der Waals surface area contributed by atoms with E-state index in [4.69, 9.17) is 0 Å². The zero-order valence-corrected chi connectivity index (χ0v) is 18.2. The zero-order chi connectivity index (χ0) is 19.8. The largest absolute Gasteiger partial charge is 0.0761 e. The van der Waals surface area contributed by atoms with Gasteiger partial charge in [0.25, 0.3) is 0 Å². The first-order valence-corrected chi connectivity index (χ1v) is 11.3. The van der Waals surface area contributed by atoms with Crippen molar-refractivity contribution in [1.29, 1.82) is 0 Å². The molecular formula is C28H34. The van der Waals surface area contributed by atoms with Crippen LogP contribution in [0.2, 0.25) is 0 Å². The van der Waals surface area contributed by atoms with Crippen LogP contribution in [-0.4, -0.2) is 0 Å². The van der Waals surface area contributed by atoms with E-state index in [9.17, 15) is 0 Å². The quantitative estimate of drug-likeness (QED) is 0.494. The van der Waals surface area contributed by atoms with Gasteiger partial charge in [-0.1, -0.05) is 83.2 Å². The fourth-order valence-electron chi connectivity index (χ4n) is 5.40. The van der Waals surface area contributed by atoms with Gasteiger partial charge in [-0.25, -0.2) is 0 Å². The van der Waals surface area contributed by atoms with Crippen molar-refractivity contribution in [3.63, 3.8) is 0 Å². The molecule has 2 aromatic rings. The molecule has 146 valence electrons. The molecule has 2 unspecified atom stereocenters. The first-order chi connectivity index (χ1) is 13.6. The smallest absolute Gasteiger partial charge is 0.00618 e. The highest BCUT2D eigenvalue weighted by molar-refractivity contribution is 5.67. The summed E-state index contributed by atoms with van der Waals surface area (Å²) in [5.74, 6) is 1.61. The Morgan fingerprint density at radius 3 is 1.32 bits per heavy atom. The van der Waals surface area contributed by atoms with Gasteiger partial charge < -0.3 is 0 Å². The van der Waals surface area contributed by atoms with Crippen LogP contribution in [0.1, 0.15) is 91.0 Å². The van der Waals surface area contributed by atoms with E-state index in [2.05, 4.69) is 83.2 Å². The molecule has 0 aliphatic heterocycles. The highest BCUT2D eigenvalue weighted by Crippen LogP contribution is 2.46. The maximum atomic E-state index is 2.51. The van der Waals surface area contributed by atoms with E-state index in [1.807, 2.05) is 0 Å². The van der Waals surface area contributed by atoms with Crippen molar-refractivity contribution in [3.05, 3.63) is 80.9 Å². The number of aryl methyl sites for hydroxylation is 4. The van der Waals surface area contributed by atoms with Crippen molar-refractivity contribution in [1.82, 2.24) is 0 Å². The Hall–Kier alpha value is -2.08. The second-order valence-corrected chi connectivity index (χ2v) is 8.54. The predicted molar refractivity (Wildman–Crippen MR) is 123 cm³/mol. The number of fused-ring (bicyclic) bond motifs is 2. The number of benzene rings is 2. The van der Waals surface area contributed by atoms with Gasteiger partial charge in [0, 0.05) is 11.8 Å². The SMILES string of the molecule is CCc1cc2c(cc1CC)C(C(C)C1C=Cc3cc(CC)c(CC)cc31)C=C2. The molecule has 0 nitrogen and oxygen atoms in total. The van der Waals surface area contributed by atoms with Crippen molar-refractivity contribution >= 4 is 12.2 Å². The molecule has 0 heterocycles. The molecule has 2 aromatic carbocycles. The van der Waals surface area contributed by atoms with Gasteiger partial charge in [-0.2, -0.15) is 0 Å². The molecule has 2 aliphatic carbocycles. The lowest BCUT2D eigenvalue weighted by Crippen LogP contribution is -2.15. The Morgan fingerprint density at radius 1 is 0.607 bits per heavy atom. The lowest BCUT2D eigenvalue weighted by atomic mass is 9.77. The van der Waals surface area contributed by atoms with Crippen LogP contribution in [0, 0.1) is 5.92 Å². The number of rotatable bonds is 6. The van der Waals surface area contributed by atoms with Crippen molar-refractivity contribution in [2.24, 2.45) is 5.92 Å². The summed E-state index contributed by atoms with van der Waals surface area (Å²) in [7, 11) is 0. The van der Waals surface area contributed by atoms with E-state index in [0.717, 1.165) is 25.7 Å². The van der Waals surface area contributed by atoms with Gasteiger partial charge in [0.05, 0.1) is 0 Å². The molecule has 2 atom stereocenters. The first kappa shape index (κ1) is 19.2. The van der Waals surface area contributed by atoms with Crippen molar-refractivity contribution in [2.45, 2.75) is 72.1 Å². The molecule has 0 spiro atoms. The number of hydrogen-bond donors (Lipinski definition) is 0. The second-order valence-electron chi connectivity index (χ2n) is 8.54. The summed E-state index contributed by atoms with van der Waals surface area (Å²) in [6.07, 6.45) is 14.2. The zero-order valence-electron chi connectivity index (χ0n) is 18.2. The van der Waals surface area contributed by atoms with Gasteiger partial charge in [-0.3, -0.25) is 0 Å². The van der Waals surface area contributed by atoms with Crippen LogP contribution in [0.3, 0.4) is 0 Å². The van der Waals surface area contributed by atoms with Crippen LogP contribution in [0.25, 0.3) is 12.2 Å². The lowest BCUT2D eigenvalue weighted by molar-refractivity contribution is 0.481. The number of hydrogen-bond acceptors (Lipinski definition) is 0. The van der Waals surface area contributed by atoms with E-state index >= 15 is 0 Å². The topological polar surface area (TPSA) is 0 Å². The minimum atomic E-state index is 0.516. The van der Waals surface area contributed by atoms with E-state index in [0.29, 0.717) is 17.8 Å². The highest BCUT2D eigenvalue weighted by Gasteiger charge is 2.32. The molecule has 0 fully saturated rings. The third-order valence-corrected chi connectivity index (χ3v) is 7.15. The molecule has 0 heteroatoms. The van der Waals surface area contributed by atoms with Crippen molar-refractivity contribution in [3.8, 4) is 0 Å². The summed E-state index contributed by atoms with van der Waals surface area (Å²) in [5, 5.41) is 0. The van der Waals surface area contributed by atoms with Gasteiger partial charge in [-0.15, -0.1) is 0 Å². The summed E-state index contributed by atoms with van der Waals surface area (Å²) in [6, 6.07) is 9.90. The molecule has 4 rings (SSSR count). The monoisotopic (exact) mass is 370 g/mol. The maximum Gasteiger partial charge on any atom is 0.00618 e. The molecule has 0 bridgehead atoms. The fourth-order valence-corrected chi connectivity index (χ4v) is 5.40. The van der Waals surface area contributed by atoms with E-state index in [1.165, 1.54) is 33.4 Å². The molecule has 0 saturated carbocycles. The Bertz CT molecular complexity index is 863. The lowest BCUT2D eigenvalue weighted by Gasteiger charge is -2.27. The molecule has 0 saturated heterocycles. The molecule has 2 aliphatic rings. The summed E-state index contributed by atoms with van der Waals surface area (Å²) in [6.45, 7) is 11.6. The molecular weight excluding hydrogens is 336 g/mol. The van der Waals surface area contributed by atoms with Crippen LogP contribution < -0.4 is 0 Å². The molecule has 0 N–H and O–H groups in total. The Labute approximate surface area is 171 Å². The van der Waals surface area contributed by atoms with Crippen molar-refractivity contribution in [2.75, 3.05) is 0 Å². The van der Waals surface area contributed by atoms with E-state index in [1.54, 1.807) is 11.1 Å².